The molecule has 0 radical (unpaired) electrons. The van der Waals surface area contributed by atoms with Gasteiger partial charge in [-0.2, -0.15) is 12.6 Å². The Hall–Kier alpha value is -2.05. The van der Waals surface area contributed by atoms with E-state index in [0.29, 0.717) is 37.6 Å². The van der Waals surface area contributed by atoms with Gasteiger partial charge < -0.3 is 14.5 Å². The maximum Gasteiger partial charge on any atom is 0.410 e. The van der Waals surface area contributed by atoms with Crippen LogP contribution in [0.25, 0.3) is 10.4 Å². The van der Waals surface area contributed by atoms with Crippen LogP contribution in [0.4, 0.5) is 16.2 Å². The van der Waals surface area contributed by atoms with Crippen LogP contribution >= 0.6 is 12.6 Å². The molecule has 0 spiro atoms. The van der Waals surface area contributed by atoms with Gasteiger partial charge in [0, 0.05) is 48.2 Å². The summed E-state index contributed by atoms with van der Waals surface area (Å²) in [4.78, 5) is 19.0. The van der Waals surface area contributed by atoms with E-state index in [2.05, 4.69) is 27.6 Å². The van der Waals surface area contributed by atoms with Crippen LogP contribution in [0.2, 0.25) is 0 Å². The highest BCUT2D eigenvalue weighted by molar-refractivity contribution is 7.79. The lowest BCUT2D eigenvalue weighted by Gasteiger charge is -2.37. The molecule has 0 aliphatic carbocycles. The first-order chi connectivity index (χ1) is 11.7. The van der Waals surface area contributed by atoms with Crippen LogP contribution in [0.3, 0.4) is 0 Å². The number of hydrogen-bond donors (Lipinski definition) is 1. The Morgan fingerprint density at radius 3 is 2.48 bits per heavy atom. The van der Waals surface area contributed by atoms with Crippen molar-refractivity contribution < 1.29 is 9.53 Å². The number of amides is 1. The number of benzene rings is 1. The highest BCUT2D eigenvalue weighted by Crippen LogP contribution is 2.31. The number of hydrogen-bond acceptors (Lipinski definition) is 5. The molecule has 1 aliphatic heterocycles. The number of ether oxygens (including phenoxy) is 1. The molecule has 7 nitrogen and oxygen atoms in total. The van der Waals surface area contributed by atoms with Crippen LogP contribution in [-0.2, 0) is 10.5 Å². The number of thiol groups is 1. The summed E-state index contributed by atoms with van der Waals surface area (Å²) in [7, 11) is 0. The first-order valence-electron chi connectivity index (χ1n) is 8.27. The molecule has 0 N–H and O–H groups in total. The minimum atomic E-state index is -0.490. The topological polar surface area (TPSA) is 81.5 Å². The van der Waals surface area contributed by atoms with E-state index >= 15 is 0 Å². The lowest BCUT2D eigenvalue weighted by Crippen LogP contribution is -2.50. The summed E-state index contributed by atoms with van der Waals surface area (Å²) in [6.07, 6.45) is -0.275. The van der Waals surface area contributed by atoms with Gasteiger partial charge >= 0.3 is 6.09 Å². The molecule has 2 rings (SSSR count). The number of nitrogens with zero attached hydrogens (tertiary/aromatic N) is 5. The third-order valence-electron chi connectivity index (χ3n) is 4.08. The third kappa shape index (κ3) is 4.96. The molecular formula is C17H25N5O2S. The van der Waals surface area contributed by atoms with Gasteiger partial charge in [0.2, 0.25) is 0 Å². The number of piperazine rings is 1. The van der Waals surface area contributed by atoms with Crippen molar-refractivity contribution in [2.24, 2.45) is 5.11 Å². The van der Waals surface area contributed by atoms with Crippen molar-refractivity contribution in [2.75, 3.05) is 31.1 Å². The summed E-state index contributed by atoms with van der Waals surface area (Å²) >= 11 is 4.36. The van der Waals surface area contributed by atoms with Gasteiger partial charge in [0.1, 0.15) is 5.60 Å². The quantitative estimate of drug-likeness (QED) is 0.373. The molecule has 0 unspecified atom stereocenters. The summed E-state index contributed by atoms with van der Waals surface area (Å²) in [5.41, 5.74) is 12.0. The Kier molecular flexibility index (Phi) is 6.08. The van der Waals surface area contributed by atoms with Crippen LogP contribution in [0.5, 0.6) is 0 Å². The fraction of sp³-hybridized carbons (Fsp3) is 0.588. The molecule has 0 saturated carbocycles. The van der Waals surface area contributed by atoms with Crippen LogP contribution in [0.15, 0.2) is 17.2 Å². The minimum Gasteiger partial charge on any atom is -0.444 e. The molecular weight excluding hydrogens is 338 g/mol. The van der Waals surface area contributed by atoms with E-state index in [-0.39, 0.29) is 6.09 Å². The Morgan fingerprint density at radius 1 is 1.32 bits per heavy atom. The SMILES string of the molecule is Cc1c(CS)cc(N=[N+]=[N-])cc1N1CCN(C(=O)OC(C)(C)C)CC1. The molecule has 0 aromatic heterocycles. The van der Waals surface area contributed by atoms with E-state index in [9.17, 15) is 4.79 Å². The molecule has 0 atom stereocenters. The van der Waals surface area contributed by atoms with Crippen molar-refractivity contribution >= 4 is 30.1 Å². The largest absolute Gasteiger partial charge is 0.444 e. The lowest BCUT2D eigenvalue weighted by atomic mass is 10.1. The van der Waals surface area contributed by atoms with Crippen molar-refractivity contribution in [1.29, 1.82) is 0 Å². The Balaban J connectivity index is 2.14. The van der Waals surface area contributed by atoms with Crippen molar-refractivity contribution in [3.63, 3.8) is 0 Å². The van der Waals surface area contributed by atoms with Gasteiger partial charge in [-0.15, -0.1) is 0 Å². The number of rotatable bonds is 3. The molecule has 1 aromatic carbocycles. The van der Waals surface area contributed by atoms with E-state index in [0.717, 1.165) is 16.8 Å². The van der Waals surface area contributed by atoms with Gasteiger partial charge in [0.15, 0.2) is 0 Å². The van der Waals surface area contributed by atoms with Gasteiger partial charge in [0.25, 0.3) is 0 Å². The predicted octanol–water partition coefficient (Wildman–Crippen LogP) is 4.42. The fourth-order valence-electron chi connectivity index (χ4n) is 2.80. The Bertz CT molecular complexity index is 687. The minimum absolute atomic E-state index is 0.275. The van der Waals surface area contributed by atoms with E-state index < -0.39 is 5.60 Å². The average molecular weight is 363 g/mol. The van der Waals surface area contributed by atoms with Gasteiger partial charge in [-0.05, 0) is 56.5 Å². The van der Waals surface area contributed by atoms with Gasteiger partial charge in [0.05, 0.1) is 0 Å². The highest BCUT2D eigenvalue weighted by Gasteiger charge is 2.26. The molecule has 1 aliphatic rings. The van der Waals surface area contributed by atoms with Crippen molar-refractivity contribution in [2.45, 2.75) is 39.0 Å². The molecule has 1 saturated heterocycles. The molecule has 1 heterocycles. The smallest absolute Gasteiger partial charge is 0.410 e. The summed E-state index contributed by atoms with van der Waals surface area (Å²) in [6.45, 7) is 10.2. The Labute approximate surface area is 154 Å². The van der Waals surface area contributed by atoms with Crippen LogP contribution in [-0.4, -0.2) is 42.8 Å². The van der Waals surface area contributed by atoms with Crippen molar-refractivity contribution in [3.05, 3.63) is 33.7 Å². The molecule has 1 fully saturated rings. The zero-order valence-electron chi connectivity index (χ0n) is 15.2. The lowest BCUT2D eigenvalue weighted by molar-refractivity contribution is 0.0240. The van der Waals surface area contributed by atoms with E-state index in [4.69, 9.17) is 10.3 Å². The molecule has 1 amide bonds. The van der Waals surface area contributed by atoms with E-state index in [1.54, 1.807) is 4.90 Å². The number of carbonyl (C=O) groups is 1. The second-order valence-electron chi connectivity index (χ2n) is 7.05. The fourth-order valence-corrected chi connectivity index (χ4v) is 3.13. The van der Waals surface area contributed by atoms with Gasteiger partial charge in [-0.25, -0.2) is 4.79 Å². The van der Waals surface area contributed by atoms with Crippen LogP contribution < -0.4 is 4.90 Å². The van der Waals surface area contributed by atoms with Crippen molar-refractivity contribution in [1.82, 2.24) is 4.90 Å². The molecule has 136 valence electrons. The van der Waals surface area contributed by atoms with Gasteiger partial charge in [-0.3, -0.25) is 0 Å². The molecule has 1 aromatic rings. The maximum atomic E-state index is 12.2. The normalized spacial score (nSPS) is 14.9. The number of carbonyl (C=O) groups excluding carboxylic acids is 1. The summed E-state index contributed by atoms with van der Waals surface area (Å²) in [5, 5.41) is 3.73. The first-order valence-corrected chi connectivity index (χ1v) is 8.91. The molecule has 0 bridgehead atoms. The average Bonchev–Trinajstić information content (AvgIpc) is 2.55. The predicted molar refractivity (Wildman–Crippen MR) is 103 cm³/mol. The maximum absolute atomic E-state index is 12.2. The second-order valence-corrected chi connectivity index (χ2v) is 7.37. The standard InChI is InChI=1S/C17H25N5O2S/c1-12-13(11-25)9-14(19-20-18)10-15(12)21-5-7-22(8-6-21)16(23)24-17(2,3)4/h9-10,25H,5-8,11H2,1-4H3. The second kappa shape index (κ2) is 7.89. The number of azide groups is 1. The van der Waals surface area contributed by atoms with Gasteiger partial charge in [-0.1, -0.05) is 5.11 Å². The highest BCUT2D eigenvalue weighted by atomic mass is 32.1. The third-order valence-corrected chi connectivity index (χ3v) is 4.42. The molecule has 8 heteroatoms. The first kappa shape index (κ1) is 19.3. The molecule has 25 heavy (non-hydrogen) atoms. The van der Waals surface area contributed by atoms with Crippen LogP contribution in [0.1, 0.15) is 31.9 Å². The van der Waals surface area contributed by atoms with E-state index in [1.807, 2.05) is 39.8 Å². The number of anilines is 1. The van der Waals surface area contributed by atoms with Crippen LogP contribution in [0, 0.1) is 6.92 Å². The van der Waals surface area contributed by atoms with E-state index in [1.165, 1.54) is 0 Å². The monoisotopic (exact) mass is 363 g/mol. The summed E-state index contributed by atoms with van der Waals surface area (Å²) in [6, 6.07) is 3.76. The zero-order chi connectivity index (χ0) is 18.6. The summed E-state index contributed by atoms with van der Waals surface area (Å²) < 4.78 is 5.43. The zero-order valence-corrected chi connectivity index (χ0v) is 16.1. The van der Waals surface area contributed by atoms with Crippen molar-refractivity contribution in [3.8, 4) is 0 Å². The Morgan fingerprint density at radius 2 is 1.96 bits per heavy atom. The summed E-state index contributed by atoms with van der Waals surface area (Å²) in [5.74, 6) is 0.575.